The highest BCUT2D eigenvalue weighted by Crippen LogP contribution is 2.32. The van der Waals surface area contributed by atoms with Gasteiger partial charge >= 0.3 is 5.97 Å². The lowest BCUT2D eigenvalue weighted by molar-refractivity contribution is -0.143. The number of carbonyl (C=O) groups excluding carboxylic acids is 2. The predicted molar refractivity (Wildman–Crippen MR) is 99.3 cm³/mol. The SMILES string of the molecule is CC(CNC(=O)CNC(=O)c1ccc2c(c1)OCO2)(C(=O)O)c1ccccc1. The number of hydrogen-bond donors (Lipinski definition) is 3. The van der Waals surface area contributed by atoms with E-state index in [0.717, 1.165) is 0 Å². The molecule has 28 heavy (non-hydrogen) atoms. The Labute approximate surface area is 161 Å². The van der Waals surface area contributed by atoms with Gasteiger partial charge in [-0.25, -0.2) is 0 Å². The molecule has 0 fully saturated rings. The van der Waals surface area contributed by atoms with E-state index in [-0.39, 0.29) is 19.9 Å². The van der Waals surface area contributed by atoms with Crippen LogP contribution in [0.5, 0.6) is 11.5 Å². The van der Waals surface area contributed by atoms with Gasteiger partial charge in [0.2, 0.25) is 12.7 Å². The Morgan fingerprint density at radius 3 is 2.46 bits per heavy atom. The Morgan fingerprint density at radius 2 is 1.75 bits per heavy atom. The van der Waals surface area contributed by atoms with Crippen molar-refractivity contribution in [2.75, 3.05) is 19.9 Å². The van der Waals surface area contributed by atoms with Gasteiger partial charge in [-0.05, 0) is 30.7 Å². The van der Waals surface area contributed by atoms with E-state index >= 15 is 0 Å². The minimum Gasteiger partial charge on any atom is -0.481 e. The Morgan fingerprint density at radius 1 is 1.04 bits per heavy atom. The van der Waals surface area contributed by atoms with Crippen LogP contribution in [0.3, 0.4) is 0 Å². The minimum atomic E-state index is -1.28. The molecule has 0 saturated carbocycles. The predicted octanol–water partition coefficient (Wildman–Crippen LogP) is 1.30. The molecule has 146 valence electrons. The summed E-state index contributed by atoms with van der Waals surface area (Å²) < 4.78 is 10.4. The molecule has 1 unspecified atom stereocenters. The van der Waals surface area contributed by atoms with Crippen LogP contribution in [0.2, 0.25) is 0 Å². The van der Waals surface area contributed by atoms with Crippen LogP contribution in [0.25, 0.3) is 0 Å². The maximum absolute atomic E-state index is 12.2. The fourth-order valence-corrected chi connectivity index (χ4v) is 2.75. The van der Waals surface area contributed by atoms with Gasteiger partial charge in [-0.2, -0.15) is 0 Å². The van der Waals surface area contributed by atoms with Crippen molar-refractivity contribution in [1.29, 1.82) is 0 Å². The summed E-state index contributed by atoms with van der Waals surface area (Å²) in [5.74, 6) is -0.959. The Hall–Kier alpha value is -3.55. The number of carboxylic acid groups (broad SMARTS) is 1. The summed E-state index contributed by atoms with van der Waals surface area (Å²) >= 11 is 0. The van der Waals surface area contributed by atoms with E-state index in [1.807, 2.05) is 0 Å². The first-order valence-electron chi connectivity index (χ1n) is 8.63. The molecule has 8 heteroatoms. The number of carbonyl (C=O) groups is 3. The molecule has 1 aliphatic heterocycles. The van der Waals surface area contributed by atoms with Crippen LogP contribution in [-0.4, -0.2) is 42.8 Å². The first-order chi connectivity index (χ1) is 13.4. The second kappa shape index (κ2) is 7.99. The Kier molecular flexibility index (Phi) is 5.49. The van der Waals surface area contributed by atoms with Crippen molar-refractivity contribution in [1.82, 2.24) is 10.6 Å². The Bertz CT molecular complexity index is 899. The largest absolute Gasteiger partial charge is 0.481 e. The minimum absolute atomic E-state index is 0.104. The fraction of sp³-hybridized carbons (Fsp3) is 0.250. The molecule has 3 rings (SSSR count). The molecule has 2 aromatic rings. The first-order valence-corrected chi connectivity index (χ1v) is 8.63. The molecule has 0 spiro atoms. The number of ether oxygens (including phenoxy) is 2. The van der Waals surface area contributed by atoms with E-state index in [2.05, 4.69) is 10.6 Å². The molecule has 0 radical (unpaired) electrons. The summed E-state index contributed by atoms with van der Waals surface area (Å²) in [7, 11) is 0. The highest BCUT2D eigenvalue weighted by molar-refractivity contribution is 5.97. The van der Waals surface area contributed by atoms with Crippen LogP contribution >= 0.6 is 0 Å². The number of aliphatic carboxylic acids is 1. The van der Waals surface area contributed by atoms with Gasteiger partial charge in [0.25, 0.3) is 5.91 Å². The molecule has 2 aromatic carbocycles. The standard InChI is InChI=1S/C20H20N2O6/c1-20(19(25)26,14-5-3-2-4-6-14)11-22-17(23)10-21-18(24)13-7-8-15-16(9-13)28-12-27-15/h2-9H,10-12H2,1H3,(H,21,24)(H,22,23)(H,25,26). The maximum Gasteiger partial charge on any atom is 0.315 e. The summed E-state index contributed by atoms with van der Waals surface area (Å²) in [4.78, 5) is 36.0. The van der Waals surface area contributed by atoms with Crippen molar-refractivity contribution in [2.45, 2.75) is 12.3 Å². The van der Waals surface area contributed by atoms with Gasteiger partial charge in [-0.1, -0.05) is 30.3 Å². The van der Waals surface area contributed by atoms with E-state index in [4.69, 9.17) is 9.47 Å². The van der Waals surface area contributed by atoms with Crippen LogP contribution in [0, 0.1) is 0 Å². The molecular formula is C20H20N2O6. The third-order valence-corrected chi connectivity index (χ3v) is 4.57. The van der Waals surface area contributed by atoms with E-state index in [1.54, 1.807) is 42.5 Å². The normalized spacial score (nSPS) is 14.0. The van der Waals surface area contributed by atoms with Crippen LogP contribution in [-0.2, 0) is 15.0 Å². The van der Waals surface area contributed by atoms with Gasteiger partial charge in [0, 0.05) is 12.1 Å². The second-order valence-electron chi connectivity index (χ2n) is 6.53. The quantitative estimate of drug-likeness (QED) is 0.663. The maximum atomic E-state index is 12.2. The van der Waals surface area contributed by atoms with Crippen molar-refractivity contribution >= 4 is 17.8 Å². The monoisotopic (exact) mass is 384 g/mol. The van der Waals surface area contributed by atoms with Crippen LogP contribution in [0.15, 0.2) is 48.5 Å². The van der Waals surface area contributed by atoms with Crippen LogP contribution in [0.1, 0.15) is 22.8 Å². The van der Waals surface area contributed by atoms with Gasteiger partial charge in [0.1, 0.15) is 5.41 Å². The summed E-state index contributed by atoms with van der Waals surface area (Å²) in [5, 5.41) is 14.7. The highest BCUT2D eigenvalue weighted by atomic mass is 16.7. The van der Waals surface area contributed by atoms with E-state index in [1.165, 1.54) is 13.0 Å². The van der Waals surface area contributed by atoms with Crippen molar-refractivity contribution in [3.05, 3.63) is 59.7 Å². The lowest BCUT2D eigenvalue weighted by atomic mass is 9.82. The molecule has 3 N–H and O–H groups in total. The van der Waals surface area contributed by atoms with Crippen LogP contribution in [0.4, 0.5) is 0 Å². The van der Waals surface area contributed by atoms with Gasteiger partial charge in [-0.15, -0.1) is 0 Å². The van der Waals surface area contributed by atoms with E-state index < -0.39 is 23.2 Å². The highest BCUT2D eigenvalue weighted by Gasteiger charge is 2.35. The van der Waals surface area contributed by atoms with Gasteiger partial charge < -0.3 is 25.2 Å². The number of benzene rings is 2. The molecule has 1 atom stereocenters. The van der Waals surface area contributed by atoms with Crippen molar-refractivity contribution in [2.24, 2.45) is 0 Å². The molecule has 0 aromatic heterocycles. The third kappa shape index (κ3) is 4.06. The topological polar surface area (TPSA) is 114 Å². The molecule has 1 aliphatic rings. The molecule has 0 aliphatic carbocycles. The fourth-order valence-electron chi connectivity index (χ4n) is 2.75. The lowest BCUT2D eigenvalue weighted by Crippen LogP contribution is -2.47. The number of carboxylic acids is 1. The molecular weight excluding hydrogens is 364 g/mol. The second-order valence-corrected chi connectivity index (χ2v) is 6.53. The smallest absolute Gasteiger partial charge is 0.315 e. The first kappa shape index (κ1) is 19.2. The molecule has 2 amide bonds. The zero-order valence-corrected chi connectivity index (χ0v) is 15.2. The van der Waals surface area contributed by atoms with E-state index in [9.17, 15) is 19.5 Å². The number of rotatable bonds is 7. The van der Waals surface area contributed by atoms with Gasteiger partial charge in [-0.3, -0.25) is 14.4 Å². The Balaban J connectivity index is 1.55. The third-order valence-electron chi connectivity index (χ3n) is 4.57. The summed E-state index contributed by atoms with van der Waals surface area (Å²) in [6.07, 6.45) is 0. The summed E-state index contributed by atoms with van der Waals surface area (Å²) in [6, 6.07) is 13.4. The number of amides is 2. The number of nitrogens with one attached hydrogen (secondary N) is 2. The summed E-state index contributed by atoms with van der Waals surface area (Å²) in [6.45, 7) is 1.26. The molecule has 8 nitrogen and oxygen atoms in total. The van der Waals surface area contributed by atoms with E-state index in [0.29, 0.717) is 22.6 Å². The average Bonchev–Trinajstić information content (AvgIpc) is 3.18. The molecule has 1 heterocycles. The van der Waals surface area contributed by atoms with Crippen molar-refractivity contribution in [3.63, 3.8) is 0 Å². The average molecular weight is 384 g/mol. The zero-order valence-electron chi connectivity index (χ0n) is 15.2. The number of fused-ring (bicyclic) bond motifs is 1. The summed E-state index contributed by atoms with van der Waals surface area (Å²) in [5.41, 5.74) is -0.373. The zero-order chi connectivity index (χ0) is 20.1. The van der Waals surface area contributed by atoms with Gasteiger partial charge in [0.05, 0.1) is 6.54 Å². The molecule has 0 saturated heterocycles. The van der Waals surface area contributed by atoms with Gasteiger partial charge in [0.15, 0.2) is 11.5 Å². The molecule has 0 bridgehead atoms. The van der Waals surface area contributed by atoms with Crippen molar-refractivity contribution < 1.29 is 29.0 Å². The van der Waals surface area contributed by atoms with Crippen LogP contribution < -0.4 is 20.1 Å². The lowest BCUT2D eigenvalue weighted by Gasteiger charge is -2.25. The number of hydrogen-bond acceptors (Lipinski definition) is 5. The van der Waals surface area contributed by atoms with Crippen molar-refractivity contribution in [3.8, 4) is 11.5 Å².